The van der Waals surface area contributed by atoms with Crippen molar-refractivity contribution in [2.24, 2.45) is 0 Å². The molecule has 39 heavy (non-hydrogen) atoms. The molecule has 1 unspecified atom stereocenters. The maximum Gasteiger partial charge on any atom is 0.325 e. The van der Waals surface area contributed by atoms with Crippen LogP contribution in [0.15, 0.2) is 48.5 Å². The molecule has 1 aliphatic heterocycles. The predicted molar refractivity (Wildman–Crippen MR) is 145 cm³/mol. The number of carbonyl (C=O) groups excluding carboxylic acids is 3. The van der Waals surface area contributed by atoms with Crippen molar-refractivity contribution in [1.82, 2.24) is 24.9 Å². The van der Waals surface area contributed by atoms with Gasteiger partial charge in [-0.2, -0.15) is 0 Å². The van der Waals surface area contributed by atoms with Crippen LogP contribution in [0.2, 0.25) is 0 Å². The Morgan fingerprint density at radius 3 is 2.46 bits per heavy atom. The highest BCUT2D eigenvalue weighted by Gasteiger charge is 2.49. The number of H-pyrrole nitrogens is 1. The molecule has 4 rings (SSSR count). The van der Waals surface area contributed by atoms with Crippen molar-refractivity contribution in [3.63, 3.8) is 0 Å². The van der Waals surface area contributed by atoms with Crippen molar-refractivity contribution in [2.45, 2.75) is 57.4 Å². The summed E-state index contributed by atoms with van der Waals surface area (Å²) in [4.78, 5) is 44.7. The molecule has 2 aromatic carbocycles. The minimum absolute atomic E-state index is 0.108. The Balaban J connectivity index is 1.54. The number of amides is 3. The van der Waals surface area contributed by atoms with E-state index in [-0.39, 0.29) is 19.6 Å². The highest BCUT2D eigenvalue weighted by atomic mass is 32.2. The van der Waals surface area contributed by atoms with Gasteiger partial charge in [0.15, 0.2) is 0 Å². The first-order valence-corrected chi connectivity index (χ1v) is 14.2. The van der Waals surface area contributed by atoms with E-state index in [4.69, 9.17) is 4.74 Å². The Morgan fingerprint density at radius 1 is 1.15 bits per heavy atom. The van der Waals surface area contributed by atoms with Crippen LogP contribution in [-0.2, 0) is 30.8 Å². The van der Waals surface area contributed by atoms with Crippen molar-refractivity contribution < 1.29 is 27.5 Å². The molecule has 0 saturated carbocycles. The lowest BCUT2D eigenvalue weighted by atomic mass is 10.0. The minimum atomic E-state index is -3.85. The smallest absolute Gasteiger partial charge is 0.325 e. The van der Waals surface area contributed by atoms with Crippen molar-refractivity contribution in [1.29, 1.82) is 0 Å². The van der Waals surface area contributed by atoms with Gasteiger partial charge in [0.25, 0.3) is 0 Å². The van der Waals surface area contributed by atoms with Crippen LogP contribution in [0.25, 0.3) is 11.0 Å². The number of ether oxygens (including phenoxy) is 1. The number of aromatic nitrogens is 2. The Labute approximate surface area is 227 Å². The molecule has 1 aromatic heterocycles. The number of carbonyl (C=O) groups is 3. The van der Waals surface area contributed by atoms with Gasteiger partial charge in [0.2, 0.25) is 15.9 Å². The van der Waals surface area contributed by atoms with E-state index in [0.29, 0.717) is 17.8 Å². The number of imidazole rings is 1. The summed E-state index contributed by atoms with van der Waals surface area (Å²) >= 11 is 0. The van der Waals surface area contributed by atoms with E-state index in [0.717, 1.165) is 20.9 Å². The summed E-state index contributed by atoms with van der Waals surface area (Å²) < 4.78 is 32.2. The van der Waals surface area contributed by atoms with Gasteiger partial charge in [-0.15, -0.1) is 0 Å². The lowest BCUT2D eigenvalue weighted by Gasteiger charge is -2.30. The van der Waals surface area contributed by atoms with E-state index >= 15 is 0 Å². The molecule has 0 bridgehead atoms. The molecule has 0 aliphatic carbocycles. The van der Waals surface area contributed by atoms with Crippen LogP contribution in [-0.4, -0.2) is 59.3 Å². The number of esters is 1. The normalized spacial score (nSPS) is 17.7. The van der Waals surface area contributed by atoms with Crippen molar-refractivity contribution in [3.05, 3.63) is 65.5 Å². The number of nitrogens with zero attached hydrogens (tertiary/aromatic N) is 2. The van der Waals surface area contributed by atoms with Gasteiger partial charge in [-0.25, -0.2) is 22.5 Å². The fourth-order valence-corrected chi connectivity index (χ4v) is 6.92. The second-order valence-corrected chi connectivity index (χ2v) is 12.3. The van der Waals surface area contributed by atoms with E-state index in [1.165, 1.54) is 0 Å². The average molecular weight is 556 g/mol. The number of urea groups is 1. The number of rotatable bonds is 8. The fraction of sp³-hybridized carbons (Fsp3) is 0.407. The van der Waals surface area contributed by atoms with Crippen molar-refractivity contribution in [3.8, 4) is 0 Å². The van der Waals surface area contributed by atoms with Crippen LogP contribution >= 0.6 is 0 Å². The third kappa shape index (κ3) is 6.22. The predicted octanol–water partition coefficient (Wildman–Crippen LogP) is 3.11. The lowest BCUT2D eigenvalue weighted by Crippen LogP contribution is -2.45. The van der Waals surface area contributed by atoms with Crippen LogP contribution in [0, 0.1) is 0 Å². The zero-order valence-corrected chi connectivity index (χ0v) is 23.2. The molecule has 1 fully saturated rings. The van der Waals surface area contributed by atoms with Crippen LogP contribution in [0.1, 0.15) is 62.4 Å². The summed E-state index contributed by atoms with van der Waals surface area (Å²) in [6.45, 7) is 6.71. The zero-order valence-electron chi connectivity index (χ0n) is 22.4. The minimum Gasteiger partial charge on any atom is -0.465 e. The zero-order chi connectivity index (χ0) is 28.4. The van der Waals surface area contributed by atoms with Gasteiger partial charge >= 0.3 is 12.0 Å². The molecule has 0 radical (unpaired) electrons. The van der Waals surface area contributed by atoms with E-state index in [2.05, 4.69) is 20.6 Å². The molecular formula is C27H33N5O6S. The van der Waals surface area contributed by atoms with E-state index in [1.807, 2.05) is 24.3 Å². The van der Waals surface area contributed by atoms with Crippen molar-refractivity contribution in [2.75, 3.05) is 13.2 Å². The average Bonchev–Trinajstić information content (AvgIpc) is 3.40. The number of hydrogen-bond acceptors (Lipinski definition) is 7. The number of aromatic amines is 1. The van der Waals surface area contributed by atoms with Gasteiger partial charge in [0.05, 0.1) is 35.6 Å². The molecular weight excluding hydrogens is 522 g/mol. The van der Waals surface area contributed by atoms with Gasteiger partial charge in [0, 0.05) is 0 Å². The second-order valence-electron chi connectivity index (χ2n) is 10.3. The van der Waals surface area contributed by atoms with Gasteiger partial charge < -0.3 is 20.4 Å². The molecule has 1 aliphatic rings. The Bertz CT molecular complexity index is 1440. The molecule has 3 amide bonds. The van der Waals surface area contributed by atoms with E-state index in [1.54, 1.807) is 52.0 Å². The van der Waals surface area contributed by atoms with Crippen LogP contribution in [0.5, 0.6) is 0 Å². The number of nitrogens with one attached hydrogen (secondary N) is 3. The molecule has 2 heterocycles. The Morgan fingerprint density at radius 2 is 1.85 bits per heavy atom. The molecule has 0 spiro atoms. The first-order valence-electron chi connectivity index (χ1n) is 12.7. The maximum absolute atomic E-state index is 13.2. The van der Waals surface area contributed by atoms with Crippen LogP contribution < -0.4 is 10.6 Å². The summed E-state index contributed by atoms with van der Waals surface area (Å²) in [7, 11) is -3.85. The molecule has 208 valence electrons. The summed E-state index contributed by atoms with van der Waals surface area (Å²) in [5.41, 5.74) is 2.04. The molecule has 3 aromatic rings. The standard InChI is InChI=1S/C27H33N5O6S/c1-5-38-24(34)16-28-26(35)31-21(25-29-19-8-6-7-9-20(19)30-25)14-17-10-12-18(13-11-17)22-15-23(33)32(27(2,3)4)39(22,36)37/h6-13,21-22H,5,14-16H2,1-4H3,(H,29,30)(H2,28,31,35)/t21-,22?/m0/s1. The summed E-state index contributed by atoms with van der Waals surface area (Å²) in [6.07, 6.45) is 0.222. The number of fused-ring (bicyclic) bond motifs is 1. The molecule has 1 saturated heterocycles. The van der Waals surface area contributed by atoms with Gasteiger partial charge in [-0.1, -0.05) is 36.4 Å². The SMILES string of the molecule is CCOC(=O)CNC(=O)N[C@@H](Cc1ccc(C2CC(=O)N(C(C)(C)C)S2(=O)=O)cc1)c1nc2ccccc2[nH]1. The largest absolute Gasteiger partial charge is 0.465 e. The summed E-state index contributed by atoms with van der Waals surface area (Å²) in [5.74, 6) is -0.440. The first kappa shape index (κ1) is 28.1. The first-order chi connectivity index (χ1) is 18.4. The quantitative estimate of drug-likeness (QED) is 0.361. The number of sulfonamides is 1. The third-order valence-electron chi connectivity index (χ3n) is 6.34. The lowest BCUT2D eigenvalue weighted by molar-refractivity contribution is -0.141. The molecule has 2 atom stereocenters. The van der Waals surface area contributed by atoms with Crippen LogP contribution in [0.3, 0.4) is 0 Å². The summed E-state index contributed by atoms with van der Waals surface area (Å²) in [6, 6.07) is 13.3. The van der Waals surface area contributed by atoms with E-state index in [9.17, 15) is 22.8 Å². The number of benzene rings is 2. The van der Waals surface area contributed by atoms with Crippen LogP contribution in [0.4, 0.5) is 4.79 Å². The highest BCUT2D eigenvalue weighted by molar-refractivity contribution is 7.90. The second kappa shape index (κ2) is 11.0. The highest BCUT2D eigenvalue weighted by Crippen LogP contribution is 2.40. The Hall–Kier alpha value is -3.93. The monoisotopic (exact) mass is 555 g/mol. The topological polar surface area (TPSA) is 151 Å². The fourth-order valence-electron chi connectivity index (χ4n) is 4.69. The van der Waals surface area contributed by atoms with Crippen molar-refractivity contribution >= 4 is 39.0 Å². The van der Waals surface area contributed by atoms with Gasteiger partial charge in [0.1, 0.15) is 17.6 Å². The molecule has 11 nitrogen and oxygen atoms in total. The maximum atomic E-state index is 13.2. The van der Waals surface area contributed by atoms with Gasteiger partial charge in [-0.3, -0.25) is 9.59 Å². The molecule has 12 heteroatoms. The number of hydrogen-bond donors (Lipinski definition) is 3. The Kier molecular flexibility index (Phi) is 7.96. The third-order valence-corrected chi connectivity index (χ3v) is 8.76. The van der Waals surface area contributed by atoms with Gasteiger partial charge in [-0.05, 0) is 57.4 Å². The summed E-state index contributed by atoms with van der Waals surface area (Å²) in [5, 5.41) is 4.40. The number of para-hydroxylation sites is 2. The molecule has 3 N–H and O–H groups in total. The van der Waals surface area contributed by atoms with E-state index < -0.39 is 44.8 Å².